The van der Waals surface area contributed by atoms with Gasteiger partial charge in [-0.25, -0.2) is 0 Å². The Kier molecular flexibility index (Phi) is 26.4. The Morgan fingerprint density at radius 1 is 0.671 bits per heavy atom. The first-order valence-electron chi connectivity index (χ1n) is 20.2. The summed E-state index contributed by atoms with van der Waals surface area (Å²) in [5.41, 5.74) is 3.03. The number of para-hydroxylation sites is 1. The van der Waals surface area contributed by atoms with Gasteiger partial charge in [0.2, 0.25) is 0 Å². The molecule has 0 bridgehead atoms. The average molecular weight is 1130 g/mol. The van der Waals surface area contributed by atoms with Gasteiger partial charge < -0.3 is 24.4 Å². The lowest BCUT2D eigenvalue weighted by Gasteiger charge is -2.16. The molecule has 0 aliphatic carbocycles. The molecule has 5 aromatic rings. The van der Waals surface area contributed by atoms with E-state index >= 15 is 0 Å². The van der Waals surface area contributed by atoms with Crippen LogP contribution in [0.3, 0.4) is 0 Å². The van der Waals surface area contributed by atoms with Gasteiger partial charge >= 0.3 is 12.4 Å². The highest BCUT2D eigenvalue weighted by Crippen LogP contribution is 2.37. The van der Waals surface area contributed by atoms with Gasteiger partial charge in [-0.2, -0.15) is 41.2 Å². The number of nitrogen functional groups attached to an aromatic ring is 1. The molecule has 0 radical (unpaired) electrons. The van der Waals surface area contributed by atoms with Crippen LogP contribution in [0.25, 0.3) is 5.69 Å². The van der Waals surface area contributed by atoms with E-state index in [0.717, 1.165) is 17.4 Å². The zero-order chi connectivity index (χ0) is 52.6. The lowest BCUT2D eigenvalue weighted by molar-refractivity contribution is -0.162. The van der Waals surface area contributed by atoms with Gasteiger partial charge in [-0.05, 0) is 92.6 Å². The molecule has 0 aliphatic heterocycles. The van der Waals surface area contributed by atoms with Crippen molar-refractivity contribution in [1.29, 1.82) is 0 Å². The van der Waals surface area contributed by atoms with Crippen LogP contribution in [0, 0.1) is 6.92 Å². The number of ether oxygens (including phenoxy) is 4. The monoisotopic (exact) mass is 1130 g/mol. The van der Waals surface area contributed by atoms with Crippen LogP contribution in [0.15, 0.2) is 82.8 Å². The first-order valence-corrected chi connectivity index (χ1v) is 22.4. The largest absolute Gasteiger partial charge is 0.491 e. The number of nitrogens with one attached hydrogen (secondary N) is 2. The third kappa shape index (κ3) is 21.1. The zero-order valence-corrected chi connectivity index (χ0v) is 44.0. The number of hydrogen-bond acceptors (Lipinski definition) is 11. The van der Waals surface area contributed by atoms with Gasteiger partial charge in [0.25, 0.3) is 11.3 Å². The molecule has 0 unspecified atom stereocenters. The predicted octanol–water partition coefficient (Wildman–Crippen LogP) is 14.9. The minimum Gasteiger partial charge on any atom is -0.491 e. The smallest absolute Gasteiger partial charge is 0.455 e. The summed E-state index contributed by atoms with van der Waals surface area (Å²) in [6.07, 6.45) is -8.96. The minimum absolute atomic E-state index is 0. The van der Waals surface area contributed by atoms with Gasteiger partial charge in [-0.15, -0.1) is 12.4 Å². The Morgan fingerprint density at radius 3 is 1.53 bits per heavy atom. The number of ketones is 1. The minimum atomic E-state index is -4.97. The summed E-state index contributed by atoms with van der Waals surface area (Å²) in [6, 6.07) is 18.5. The number of rotatable bonds is 13. The maximum absolute atomic E-state index is 12.9. The summed E-state index contributed by atoms with van der Waals surface area (Å²) < 4.78 is 97.0. The van der Waals surface area contributed by atoms with Crippen LogP contribution in [-0.4, -0.2) is 52.4 Å². The second kappa shape index (κ2) is 29.1. The standard InChI is InChI=1S/C15H13Cl2F3N2O2.C12H11Cl2F3N2O2.C9H12Cl2N2O.C9H12O.ClH/c1-7(2)24-13-5-12(10(16)4-11(13)17)22-14(23)8(3)9(6-21-22)15(18,19)20;1-6(2)21-10-4-9(7(13)3-8(10)14)19-18-5-11(20)12(15,16)17;1-5(2)14-9-4-8(13-12)6(10)3-7(9)11;1-8(2)10-9-6-4-3-5-7-9;/h4-7H,1-3H3;3-6,19H,1-2H3;3-5,13H,12H2,1-2H3;3-8H,1-2H3;1H/b;18-5+;;;. The maximum Gasteiger partial charge on any atom is 0.455 e. The van der Waals surface area contributed by atoms with Crippen molar-refractivity contribution in [3.8, 4) is 28.7 Å². The quantitative estimate of drug-likeness (QED) is 0.0450. The molecule has 4 N–H and O–H groups in total. The third-order valence-electron chi connectivity index (χ3n) is 7.80. The maximum atomic E-state index is 12.9. The number of anilines is 2. The van der Waals surface area contributed by atoms with Crippen molar-refractivity contribution < 1.29 is 50.1 Å². The summed E-state index contributed by atoms with van der Waals surface area (Å²) in [4.78, 5) is 22.9. The normalized spacial score (nSPS) is 11.2. The van der Waals surface area contributed by atoms with Crippen LogP contribution in [0.4, 0.5) is 37.7 Å². The highest BCUT2D eigenvalue weighted by atomic mass is 35.5. The van der Waals surface area contributed by atoms with Crippen molar-refractivity contribution in [2.24, 2.45) is 10.9 Å². The van der Waals surface area contributed by atoms with Crippen LogP contribution in [0.5, 0.6) is 23.0 Å². The Hall–Kier alpha value is -4.53. The summed E-state index contributed by atoms with van der Waals surface area (Å²) in [6.45, 7) is 16.1. The number of hydrogen-bond donors (Lipinski definition) is 3. The van der Waals surface area contributed by atoms with E-state index in [1.807, 2.05) is 58.0 Å². The van der Waals surface area contributed by atoms with Gasteiger partial charge in [0.05, 0.1) is 89.6 Å². The average Bonchev–Trinajstić information content (AvgIpc) is 3.22. The molecule has 0 amide bonds. The Morgan fingerprint density at radius 2 is 1.10 bits per heavy atom. The Bertz CT molecular complexity index is 2570. The van der Waals surface area contributed by atoms with Crippen LogP contribution in [0.1, 0.15) is 66.5 Å². The van der Waals surface area contributed by atoms with E-state index in [2.05, 4.69) is 21.1 Å². The highest BCUT2D eigenvalue weighted by Gasteiger charge is 2.37. The second-order valence-corrected chi connectivity index (χ2v) is 17.5. The lowest BCUT2D eigenvalue weighted by atomic mass is 10.2. The molecule has 0 aliphatic rings. The molecule has 0 saturated carbocycles. The first kappa shape index (κ1) is 63.5. The van der Waals surface area contributed by atoms with Crippen LogP contribution in [0.2, 0.25) is 30.1 Å². The van der Waals surface area contributed by atoms with Gasteiger partial charge in [-0.1, -0.05) is 87.8 Å². The lowest BCUT2D eigenvalue weighted by Crippen LogP contribution is -2.27. The fourth-order valence-electron chi connectivity index (χ4n) is 4.97. The topological polar surface area (TPSA) is 151 Å². The number of Topliss-reactive ketones (excluding diaryl/α,β-unsaturated/α-hetero) is 1. The third-order valence-corrected chi connectivity index (χ3v) is 9.62. The molecule has 12 nitrogen and oxygen atoms in total. The number of hydrazone groups is 1. The fourth-order valence-corrected chi connectivity index (χ4v) is 6.43. The van der Waals surface area contributed by atoms with Crippen molar-refractivity contribution >= 4 is 105 Å². The number of nitrogens with zero attached hydrogens (tertiary/aromatic N) is 3. The van der Waals surface area contributed by atoms with E-state index in [9.17, 15) is 35.9 Å². The van der Waals surface area contributed by atoms with Crippen molar-refractivity contribution in [3.05, 3.63) is 125 Å². The molecule has 1 aromatic heterocycles. The van der Waals surface area contributed by atoms with Gasteiger partial charge in [0.1, 0.15) is 23.0 Å². The Balaban J connectivity index is 0.000000486. The molecule has 386 valence electrons. The number of nitrogens with two attached hydrogens (primary N) is 1. The zero-order valence-electron chi connectivity index (χ0n) is 38.6. The summed E-state index contributed by atoms with van der Waals surface area (Å²) in [7, 11) is 0. The van der Waals surface area contributed by atoms with Crippen molar-refractivity contribution in [1.82, 2.24) is 9.78 Å². The fraction of sp³-hybridized carbons (Fsp3) is 0.333. The van der Waals surface area contributed by atoms with Gasteiger partial charge in [-0.3, -0.25) is 20.9 Å². The number of hydrazine groups is 1. The molecular formula is C45H49Cl7F6N6O6. The van der Waals surface area contributed by atoms with Crippen molar-refractivity contribution in [2.45, 2.75) is 99.1 Å². The Labute approximate surface area is 437 Å². The molecule has 1 heterocycles. The summed E-state index contributed by atoms with van der Waals surface area (Å²) >= 11 is 35.6. The molecule has 0 fully saturated rings. The predicted molar refractivity (Wildman–Crippen MR) is 270 cm³/mol. The SMILES string of the molecule is CC(C)Oc1cc(N/N=C/C(=O)C(F)(F)F)c(Cl)cc1Cl.CC(C)Oc1cc(NN)c(Cl)cc1Cl.CC(C)Oc1ccccc1.Cc1c(C(F)(F)F)cnn(-c2cc(OC(C)C)c(Cl)cc2Cl)c1=O.Cl. The first-order chi connectivity index (χ1) is 32.0. The highest BCUT2D eigenvalue weighted by molar-refractivity contribution is 6.38. The molecule has 0 atom stereocenters. The number of alkyl halides is 6. The van der Waals surface area contributed by atoms with Gasteiger partial charge in [0, 0.05) is 23.8 Å². The van der Waals surface area contributed by atoms with Crippen molar-refractivity contribution in [3.63, 3.8) is 0 Å². The van der Waals surface area contributed by atoms with Crippen molar-refractivity contribution in [2.75, 3.05) is 10.9 Å². The molecule has 0 spiro atoms. The molecular weight excluding hydrogens is 1080 g/mol. The molecule has 0 saturated heterocycles. The van der Waals surface area contributed by atoms with Crippen LogP contribution >= 0.6 is 82.0 Å². The second-order valence-electron chi connectivity index (χ2n) is 15.0. The molecule has 4 aromatic carbocycles. The molecule has 70 heavy (non-hydrogen) atoms. The van der Waals surface area contributed by atoms with E-state index in [-0.39, 0.29) is 86.0 Å². The van der Waals surface area contributed by atoms with E-state index in [4.69, 9.17) is 94.4 Å². The summed E-state index contributed by atoms with van der Waals surface area (Å²) in [5, 5.41) is 8.36. The molecule has 5 rings (SSSR count). The number of carbonyl (C=O) groups excluding carboxylic acids is 1. The number of halogens is 13. The van der Waals surface area contributed by atoms with Gasteiger partial charge in [0.15, 0.2) is 0 Å². The van der Waals surface area contributed by atoms with E-state index < -0.39 is 34.8 Å². The number of aromatic nitrogens is 2. The van der Waals surface area contributed by atoms with E-state index in [1.165, 1.54) is 24.3 Å². The van der Waals surface area contributed by atoms with Crippen LogP contribution in [-0.2, 0) is 11.0 Å². The van der Waals surface area contributed by atoms with Crippen LogP contribution < -0.4 is 41.2 Å². The number of carbonyl (C=O) groups is 1. The van der Waals surface area contributed by atoms with E-state index in [0.29, 0.717) is 27.7 Å². The van der Waals surface area contributed by atoms with E-state index in [1.54, 1.807) is 39.8 Å². The summed E-state index contributed by atoms with van der Waals surface area (Å²) in [5.74, 6) is 5.23. The number of benzene rings is 4. The molecule has 25 heteroatoms.